The molecular weight excluding hydrogens is 486 g/mol. The molecule has 0 radical (unpaired) electrons. The second kappa shape index (κ2) is 11.8. The van der Waals surface area contributed by atoms with Crippen LogP contribution in [0.15, 0.2) is 59.5 Å². The molecule has 1 aliphatic rings. The van der Waals surface area contributed by atoms with Crippen LogP contribution >= 0.6 is 0 Å². The zero-order chi connectivity index (χ0) is 26.3. The third-order valence-electron chi connectivity index (χ3n) is 6.12. The van der Waals surface area contributed by atoms with Crippen molar-refractivity contribution in [2.75, 3.05) is 40.0 Å². The van der Waals surface area contributed by atoms with Crippen molar-refractivity contribution in [1.82, 2.24) is 4.90 Å². The lowest BCUT2D eigenvalue weighted by Gasteiger charge is -2.40. The maximum absolute atomic E-state index is 14.3. The number of amides is 2. The van der Waals surface area contributed by atoms with Gasteiger partial charge >= 0.3 is 10.0 Å². The molecule has 1 heterocycles. The summed E-state index contributed by atoms with van der Waals surface area (Å²) < 4.78 is 37.9. The van der Waals surface area contributed by atoms with E-state index in [9.17, 15) is 18.0 Å². The number of morpholine rings is 1. The van der Waals surface area contributed by atoms with Crippen LogP contribution in [0.5, 0.6) is 5.75 Å². The average Bonchev–Trinajstić information content (AvgIpc) is 2.87. The van der Waals surface area contributed by atoms with E-state index in [1.807, 2.05) is 6.07 Å². The predicted octanol–water partition coefficient (Wildman–Crippen LogP) is 1.70. The fourth-order valence-electron chi connectivity index (χ4n) is 4.29. The molecule has 1 saturated heterocycles. The van der Waals surface area contributed by atoms with Gasteiger partial charge in [-0.05, 0) is 29.8 Å². The van der Waals surface area contributed by atoms with Gasteiger partial charge in [-0.1, -0.05) is 48.2 Å². The molecule has 2 aromatic rings. The van der Waals surface area contributed by atoms with Gasteiger partial charge in [-0.3, -0.25) is 9.59 Å². The zero-order valence-electron chi connectivity index (χ0n) is 20.8. The number of quaternary nitrogens is 1. The van der Waals surface area contributed by atoms with Gasteiger partial charge in [0.05, 0.1) is 20.3 Å². The van der Waals surface area contributed by atoms with Gasteiger partial charge in [-0.25, -0.2) is 0 Å². The molecule has 196 valence electrons. The minimum Gasteiger partial charge on any atom is -0.497 e. The van der Waals surface area contributed by atoms with Crippen molar-refractivity contribution < 1.29 is 36.4 Å². The number of carbonyl (C=O) groups is 2. The highest BCUT2D eigenvalue weighted by Crippen LogP contribution is 2.34. The third-order valence-corrected chi connectivity index (χ3v) is 8.27. The molecule has 0 aliphatic carbocycles. The SMILES string of the molecule is COc1ccc(S(=O)(=O)[N+](CC(=O)N2CCOCC2)(OCc2ccccc2)[C@@H](C(N)=O)C(C)C)cc1. The fourth-order valence-corrected chi connectivity index (χ4v) is 6.25. The summed E-state index contributed by atoms with van der Waals surface area (Å²) in [4.78, 5) is 33.9. The van der Waals surface area contributed by atoms with Crippen molar-refractivity contribution >= 4 is 21.8 Å². The minimum absolute atomic E-state index is 0.127. The molecular formula is C25H34N3O7S+. The molecule has 1 unspecified atom stereocenters. The Morgan fingerprint density at radius 2 is 1.67 bits per heavy atom. The van der Waals surface area contributed by atoms with Crippen LogP contribution in [0.25, 0.3) is 0 Å². The van der Waals surface area contributed by atoms with E-state index >= 15 is 0 Å². The average molecular weight is 521 g/mol. The Balaban J connectivity index is 2.18. The van der Waals surface area contributed by atoms with Gasteiger partial charge < -0.3 is 20.1 Å². The van der Waals surface area contributed by atoms with Gasteiger partial charge in [0.2, 0.25) is 12.6 Å². The number of sulfonamides is 1. The minimum atomic E-state index is -4.50. The summed E-state index contributed by atoms with van der Waals surface area (Å²) in [5.41, 5.74) is 6.48. The lowest BCUT2D eigenvalue weighted by Crippen LogP contribution is -2.67. The van der Waals surface area contributed by atoms with E-state index in [4.69, 9.17) is 20.0 Å². The third kappa shape index (κ3) is 5.86. The second-order valence-electron chi connectivity index (χ2n) is 8.88. The highest BCUT2D eigenvalue weighted by Gasteiger charge is 2.58. The first kappa shape index (κ1) is 27.6. The molecule has 0 saturated carbocycles. The second-order valence-corrected chi connectivity index (χ2v) is 10.9. The summed E-state index contributed by atoms with van der Waals surface area (Å²) in [6.07, 6.45) is 0. The number of nitrogens with two attached hydrogens (primary N) is 1. The molecule has 11 heteroatoms. The molecule has 36 heavy (non-hydrogen) atoms. The van der Waals surface area contributed by atoms with E-state index in [1.165, 1.54) is 36.3 Å². The summed E-state index contributed by atoms with van der Waals surface area (Å²) in [6, 6.07) is 13.3. The van der Waals surface area contributed by atoms with E-state index in [2.05, 4.69) is 0 Å². The smallest absolute Gasteiger partial charge is 0.358 e. The number of hydrogen-bond acceptors (Lipinski definition) is 7. The van der Waals surface area contributed by atoms with Crippen LogP contribution in [0.1, 0.15) is 19.4 Å². The van der Waals surface area contributed by atoms with Crippen LogP contribution in [0.2, 0.25) is 0 Å². The topological polar surface area (TPSA) is 125 Å². The van der Waals surface area contributed by atoms with E-state index in [0.29, 0.717) is 37.6 Å². The largest absolute Gasteiger partial charge is 0.497 e. The number of nitrogens with zero attached hydrogens (tertiary/aromatic N) is 2. The Hall–Kier alpha value is -2.99. The number of ether oxygens (including phenoxy) is 2. The van der Waals surface area contributed by atoms with Gasteiger partial charge in [0.1, 0.15) is 17.3 Å². The van der Waals surface area contributed by atoms with Gasteiger partial charge in [-0.2, -0.15) is 13.3 Å². The molecule has 0 bridgehead atoms. The Morgan fingerprint density at radius 3 is 2.19 bits per heavy atom. The van der Waals surface area contributed by atoms with Crippen molar-refractivity contribution in [1.29, 1.82) is 0 Å². The molecule has 0 aromatic heterocycles. The number of hydrogen-bond donors (Lipinski definition) is 1. The van der Waals surface area contributed by atoms with Crippen LogP contribution in [-0.2, 0) is 35.8 Å². The Labute approximate surface area is 212 Å². The highest BCUT2D eigenvalue weighted by molar-refractivity contribution is 7.85. The molecule has 3 rings (SSSR count). The van der Waals surface area contributed by atoms with Crippen molar-refractivity contribution in [3.8, 4) is 5.75 Å². The predicted molar refractivity (Wildman–Crippen MR) is 132 cm³/mol. The van der Waals surface area contributed by atoms with Crippen LogP contribution in [0.3, 0.4) is 0 Å². The first-order valence-electron chi connectivity index (χ1n) is 11.7. The maximum atomic E-state index is 14.3. The van der Waals surface area contributed by atoms with Crippen molar-refractivity contribution in [3.63, 3.8) is 0 Å². The summed E-state index contributed by atoms with van der Waals surface area (Å²) in [5, 5.41) is 0. The fraction of sp³-hybridized carbons (Fsp3) is 0.440. The van der Waals surface area contributed by atoms with Crippen LogP contribution in [-0.4, -0.2) is 75.2 Å². The molecule has 2 atom stereocenters. The number of carbonyl (C=O) groups excluding carboxylic acids is 2. The van der Waals surface area contributed by atoms with Gasteiger partial charge in [0, 0.05) is 19.0 Å². The molecule has 0 spiro atoms. The van der Waals surface area contributed by atoms with E-state index in [-0.39, 0.29) is 11.5 Å². The molecule has 2 N–H and O–H groups in total. The number of hydroxylamine groups is 2. The van der Waals surface area contributed by atoms with Crippen molar-refractivity contribution in [2.45, 2.75) is 31.4 Å². The van der Waals surface area contributed by atoms with Gasteiger partial charge in [-0.15, -0.1) is 0 Å². The first-order chi connectivity index (χ1) is 17.1. The van der Waals surface area contributed by atoms with Crippen molar-refractivity contribution in [3.05, 3.63) is 60.2 Å². The highest BCUT2D eigenvalue weighted by atomic mass is 32.2. The summed E-state index contributed by atoms with van der Waals surface area (Å²) in [7, 11) is -3.03. The lowest BCUT2D eigenvalue weighted by atomic mass is 10.0. The summed E-state index contributed by atoms with van der Waals surface area (Å²) >= 11 is 0. The lowest BCUT2D eigenvalue weighted by molar-refractivity contribution is -1.02. The molecule has 1 fully saturated rings. The quantitative estimate of drug-likeness (QED) is 0.353. The Kier molecular flexibility index (Phi) is 9.07. The van der Waals surface area contributed by atoms with Crippen LogP contribution in [0.4, 0.5) is 0 Å². The first-order valence-corrected chi connectivity index (χ1v) is 13.2. The Bertz CT molecular complexity index is 1130. The van der Waals surface area contributed by atoms with Crippen LogP contribution in [0, 0.1) is 5.92 Å². The van der Waals surface area contributed by atoms with Gasteiger partial charge in [0.15, 0.2) is 0 Å². The number of benzene rings is 2. The normalized spacial score (nSPS) is 16.8. The molecule has 10 nitrogen and oxygen atoms in total. The molecule has 1 aliphatic heterocycles. The number of primary amides is 1. The molecule has 2 aromatic carbocycles. The number of rotatable bonds is 11. The Morgan fingerprint density at radius 1 is 1.06 bits per heavy atom. The maximum Gasteiger partial charge on any atom is 0.358 e. The monoisotopic (exact) mass is 520 g/mol. The van der Waals surface area contributed by atoms with Gasteiger partial charge in [0.25, 0.3) is 11.8 Å². The summed E-state index contributed by atoms with van der Waals surface area (Å²) in [5.74, 6) is -1.47. The standard InChI is InChI=1S/C25H33N3O7S/c1-19(2)24(25(26)30)28(35-18-20-7-5-4-6-8-20,17-23(29)27-13-15-34-16-14-27)36(31,32)22-11-9-21(33-3)10-12-22/h4-12,19,24H,13-18H2,1-3H3,(H-,26,30)/p+1/t24-,28?/m1/s1. The number of methoxy groups -OCH3 is 1. The van der Waals surface area contributed by atoms with Crippen molar-refractivity contribution in [2.24, 2.45) is 11.7 Å². The van der Waals surface area contributed by atoms with E-state index in [0.717, 1.165) is 0 Å². The summed E-state index contributed by atoms with van der Waals surface area (Å²) in [6.45, 7) is 3.85. The molecule has 2 amide bonds. The zero-order valence-corrected chi connectivity index (χ0v) is 21.6. The van der Waals surface area contributed by atoms with Crippen LogP contribution < -0.4 is 10.5 Å². The van der Waals surface area contributed by atoms with E-state index < -0.39 is 44.4 Å². The van der Waals surface area contributed by atoms with E-state index in [1.54, 1.807) is 38.1 Å².